The molecular weight excluding hydrogens is 284 g/mol. The van der Waals surface area contributed by atoms with Gasteiger partial charge in [-0.1, -0.05) is 44.7 Å². The predicted molar refractivity (Wildman–Crippen MR) is 86.9 cm³/mol. The molecule has 21 heavy (non-hydrogen) atoms. The Hall–Kier alpha value is -1.49. The van der Waals surface area contributed by atoms with Crippen molar-refractivity contribution >= 4 is 28.8 Å². The molecule has 0 spiro atoms. The number of imidazole rings is 1. The number of rotatable bonds is 6. The predicted octanol–water partition coefficient (Wildman–Crippen LogP) is 3.96. The fourth-order valence-corrected chi connectivity index (χ4v) is 2.99. The highest BCUT2D eigenvalue weighted by molar-refractivity contribution is 7.99. The van der Waals surface area contributed by atoms with Crippen LogP contribution >= 0.6 is 11.8 Å². The zero-order chi connectivity index (χ0) is 15.6. The zero-order valence-electron chi connectivity index (χ0n) is 13.0. The van der Waals surface area contributed by atoms with E-state index in [4.69, 9.17) is 5.11 Å². The first-order chi connectivity index (χ1) is 9.84. The van der Waals surface area contributed by atoms with Crippen LogP contribution < -0.4 is 0 Å². The number of aryl methyl sites for hydroxylation is 1. The Bertz CT molecular complexity index is 662. The second-order valence-electron chi connectivity index (χ2n) is 6.12. The van der Waals surface area contributed by atoms with Gasteiger partial charge in [-0.05, 0) is 30.4 Å². The van der Waals surface area contributed by atoms with Crippen molar-refractivity contribution in [1.82, 2.24) is 9.55 Å². The minimum absolute atomic E-state index is 0.0366. The van der Waals surface area contributed by atoms with Crippen LogP contribution in [0.5, 0.6) is 0 Å². The molecule has 1 aromatic carbocycles. The standard InChI is InChI=1S/C16H22N2O2S/c1-5-16(3,4)10-18-14-11(2)7-6-8-12(14)17-15(18)21-9-13(19)20/h6-8H,5,9-10H2,1-4H3,(H,19,20). The summed E-state index contributed by atoms with van der Waals surface area (Å²) in [6.45, 7) is 9.54. The number of aliphatic carboxylic acids is 1. The molecule has 2 aromatic rings. The van der Waals surface area contributed by atoms with Crippen LogP contribution in [0.15, 0.2) is 23.4 Å². The summed E-state index contributed by atoms with van der Waals surface area (Å²) in [6.07, 6.45) is 1.06. The minimum atomic E-state index is -0.815. The van der Waals surface area contributed by atoms with Crippen molar-refractivity contribution in [3.05, 3.63) is 23.8 Å². The van der Waals surface area contributed by atoms with E-state index in [1.807, 2.05) is 12.1 Å². The lowest BCUT2D eigenvalue weighted by molar-refractivity contribution is -0.133. The second kappa shape index (κ2) is 6.10. The first kappa shape index (κ1) is 15.9. The lowest BCUT2D eigenvalue weighted by Gasteiger charge is -2.25. The molecule has 114 valence electrons. The van der Waals surface area contributed by atoms with Gasteiger partial charge in [0.25, 0.3) is 0 Å². The van der Waals surface area contributed by atoms with Gasteiger partial charge in [-0.2, -0.15) is 0 Å². The fourth-order valence-electron chi connectivity index (χ4n) is 2.27. The van der Waals surface area contributed by atoms with Crippen molar-refractivity contribution in [2.75, 3.05) is 5.75 Å². The van der Waals surface area contributed by atoms with Crippen molar-refractivity contribution in [2.45, 2.75) is 45.8 Å². The van der Waals surface area contributed by atoms with E-state index in [0.717, 1.165) is 29.2 Å². The van der Waals surface area contributed by atoms with Gasteiger partial charge in [0.2, 0.25) is 0 Å². The molecule has 1 aromatic heterocycles. The molecular formula is C16H22N2O2S. The molecule has 5 heteroatoms. The normalized spacial score (nSPS) is 12.0. The Kier molecular flexibility index (Phi) is 4.61. The number of para-hydroxylation sites is 1. The average Bonchev–Trinajstić information content (AvgIpc) is 2.75. The number of hydrogen-bond acceptors (Lipinski definition) is 3. The Morgan fingerprint density at radius 1 is 1.43 bits per heavy atom. The zero-order valence-corrected chi connectivity index (χ0v) is 13.8. The number of nitrogens with zero attached hydrogens (tertiary/aromatic N) is 2. The van der Waals surface area contributed by atoms with Gasteiger partial charge in [0.15, 0.2) is 5.16 Å². The summed E-state index contributed by atoms with van der Waals surface area (Å²) < 4.78 is 2.18. The molecule has 0 fully saturated rings. The largest absolute Gasteiger partial charge is 0.481 e. The van der Waals surface area contributed by atoms with Gasteiger partial charge in [0.05, 0.1) is 16.8 Å². The molecule has 0 radical (unpaired) electrons. The van der Waals surface area contributed by atoms with Gasteiger partial charge in [0, 0.05) is 6.54 Å². The van der Waals surface area contributed by atoms with Gasteiger partial charge in [-0.25, -0.2) is 4.98 Å². The Morgan fingerprint density at radius 2 is 2.14 bits per heavy atom. The van der Waals surface area contributed by atoms with Crippen LogP contribution in [0.2, 0.25) is 0 Å². The van der Waals surface area contributed by atoms with E-state index in [2.05, 4.69) is 43.3 Å². The van der Waals surface area contributed by atoms with Gasteiger partial charge in [-0.15, -0.1) is 0 Å². The molecule has 0 unspecified atom stereocenters. The summed E-state index contributed by atoms with van der Waals surface area (Å²) in [5.74, 6) is -0.778. The quantitative estimate of drug-likeness (QED) is 0.821. The van der Waals surface area contributed by atoms with E-state index in [9.17, 15) is 4.79 Å². The molecule has 2 rings (SSSR count). The summed E-state index contributed by atoms with van der Waals surface area (Å²) in [5.41, 5.74) is 3.38. The molecule has 0 aliphatic rings. The SMILES string of the molecule is CCC(C)(C)Cn1c(SCC(=O)O)nc2cccc(C)c21. The van der Waals surface area contributed by atoms with Crippen molar-refractivity contribution in [1.29, 1.82) is 0 Å². The van der Waals surface area contributed by atoms with Crippen LogP contribution in [-0.4, -0.2) is 26.4 Å². The second-order valence-corrected chi connectivity index (χ2v) is 7.07. The van der Waals surface area contributed by atoms with Crippen LogP contribution in [0.4, 0.5) is 0 Å². The van der Waals surface area contributed by atoms with Gasteiger partial charge in [-0.3, -0.25) is 4.79 Å². The number of aromatic nitrogens is 2. The van der Waals surface area contributed by atoms with Gasteiger partial charge < -0.3 is 9.67 Å². The van der Waals surface area contributed by atoms with Crippen LogP contribution in [0.1, 0.15) is 32.8 Å². The first-order valence-corrected chi connectivity index (χ1v) is 8.13. The Morgan fingerprint density at radius 3 is 2.76 bits per heavy atom. The molecule has 0 saturated heterocycles. The molecule has 1 heterocycles. The average molecular weight is 306 g/mol. The van der Waals surface area contributed by atoms with E-state index >= 15 is 0 Å². The van der Waals surface area contributed by atoms with E-state index in [0.29, 0.717) is 0 Å². The van der Waals surface area contributed by atoms with Crippen LogP contribution in [-0.2, 0) is 11.3 Å². The van der Waals surface area contributed by atoms with Crippen molar-refractivity contribution in [3.8, 4) is 0 Å². The number of benzene rings is 1. The van der Waals surface area contributed by atoms with Crippen molar-refractivity contribution < 1.29 is 9.90 Å². The maximum atomic E-state index is 10.8. The topological polar surface area (TPSA) is 55.1 Å². The van der Waals surface area contributed by atoms with E-state index < -0.39 is 5.97 Å². The third-order valence-electron chi connectivity index (χ3n) is 3.80. The Labute approximate surface area is 129 Å². The van der Waals surface area contributed by atoms with E-state index in [1.54, 1.807) is 0 Å². The van der Waals surface area contributed by atoms with Crippen LogP contribution in [0, 0.1) is 12.3 Å². The first-order valence-electron chi connectivity index (χ1n) is 7.14. The third-order valence-corrected chi connectivity index (χ3v) is 4.76. The number of carboxylic acids is 1. The number of hydrogen-bond donors (Lipinski definition) is 1. The summed E-state index contributed by atoms with van der Waals surface area (Å²) in [4.78, 5) is 15.5. The molecule has 0 aliphatic heterocycles. The lowest BCUT2D eigenvalue weighted by Crippen LogP contribution is -2.19. The molecule has 0 bridgehead atoms. The van der Waals surface area contributed by atoms with E-state index in [1.165, 1.54) is 17.3 Å². The summed E-state index contributed by atoms with van der Waals surface area (Å²) in [6, 6.07) is 6.05. The summed E-state index contributed by atoms with van der Waals surface area (Å²) in [5, 5.41) is 9.71. The highest BCUT2D eigenvalue weighted by Crippen LogP contribution is 2.31. The fraction of sp³-hybridized carbons (Fsp3) is 0.500. The van der Waals surface area contributed by atoms with Crippen molar-refractivity contribution in [3.63, 3.8) is 0 Å². The maximum absolute atomic E-state index is 10.8. The summed E-state index contributed by atoms with van der Waals surface area (Å²) >= 11 is 1.29. The Balaban J connectivity index is 2.51. The minimum Gasteiger partial charge on any atom is -0.481 e. The molecule has 0 saturated carbocycles. The van der Waals surface area contributed by atoms with Gasteiger partial charge >= 0.3 is 5.97 Å². The van der Waals surface area contributed by atoms with Crippen LogP contribution in [0.25, 0.3) is 11.0 Å². The highest BCUT2D eigenvalue weighted by atomic mass is 32.2. The maximum Gasteiger partial charge on any atom is 0.313 e. The molecule has 1 N–H and O–H groups in total. The third kappa shape index (κ3) is 3.59. The lowest BCUT2D eigenvalue weighted by atomic mass is 9.90. The summed E-state index contributed by atoms with van der Waals surface area (Å²) in [7, 11) is 0. The molecule has 0 atom stereocenters. The van der Waals surface area contributed by atoms with E-state index in [-0.39, 0.29) is 11.2 Å². The monoisotopic (exact) mass is 306 g/mol. The highest BCUT2D eigenvalue weighted by Gasteiger charge is 2.21. The number of fused-ring (bicyclic) bond motifs is 1. The van der Waals surface area contributed by atoms with Crippen molar-refractivity contribution in [2.24, 2.45) is 5.41 Å². The molecule has 0 amide bonds. The number of carboxylic acid groups (broad SMARTS) is 1. The number of carbonyl (C=O) groups is 1. The van der Waals surface area contributed by atoms with Crippen LogP contribution in [0.3, 0.4) is 0 Å². The smallest absolute Gasteiger partial charge is 0.313 e. The molecule has 4 nitrogen and oxygen atoms in total. The number of thioether (sulfide) groups is 1. The molecule has 0 aliphatic carbocycles. The van der Waals surface area contributed by atoms with Gasteiger partial charge in [0.1, 0.15) is 0 Å².